The molecule has 0 aliphatic heterocycles. The molecule has 9 heteroatoms. The predicted octanol–water partition coefficient (Wildman–Crippen LogP) is 4.87. The number of nitro benzene ring substituents is 1. The molecule has 0 atom stereocenters. The third kappa shape index (κ3) is 4.34. The molecule has 3 aromatic carbocycles. The van der Waals surface area contributed by atoms with Gasteiger partial charge in [0.25, 0.3) is 5.69 Å². The molecule has 1 aromatic heterocycles. The molecule has 0 amide bonds. The van der Waals surface area contributed by atoms with Crippen molar-refractivity contribution in [1.29, 1.82) is 0 Å². The summed E-state index contributed by atoms with van der Waals surface area (Å²) in [5.41, 5.74) is 1.17. The standard InChI is InChI=1S/C26H20N2O7/c1-2-35-26(32)18-10-12-19(13-11-18)27-22(16-6-4-3-5-7-16)21(24(30)25(27)31)23(29)17-8-14-20(15-9-17)28(33)34/h3-15,30-31H,2H2,1H3. The highest BCUT2D eigenvalue weighted by Crippen LogP contribution is 2.44. The number of nitrogens with zero attached hydrogens (tertiary/aromatic N) is 2. The largest absolute Gasteiger partial charge is 0.503 e. The lowest BCUT2D eigenvalue weighted by Crippen LogP contribution is -2.06. The van der Waals surface area contributed by atoms with Crippen LogP contribution in [0, 0.1) is 10.1 Å². The number of ether oxygens (including phenoxy) is 1. The number of esters is 1. The summed E-state index contributed by atoms with van der Waals surface area (Å²) in [4.78, 5) is 35.8. The van der Waals surface area contributed by atoms with E-state index in [1.54, 1.807) is 49.4 Å². The smallest absolute Gasteiger partial charge is 0.338 e. The summed E-state index contributed by atoms with van der Waals surface area (Å²) in [5, 5.41) is 32.7. The average Bonchev–Trinajstić information content (AvgIpc) is 3.14. The third-order valence-electron chi connectivity index (χ3n) is 5.37. The number of non-ortho nitro benzene ring substituents is 1. The number of carbonyl (C=O) groups excluding carboxylic acids is 2. The molecule has 0 saturated carbocycles. The van der Waals surface area contributed by atoms with E-state index in [2.05, 4.69) is 0 Å². The van der Waals surface area contributed by atoms with Crippen molar-refractivity contribution in [1.82, 2.24) is 4.57 Å². The maximum Gasteiger partial charge on any atom is 0.338 e. The minimum absolute atomic E-state index is 0.0953. The Labute approximate surface area is 199 Å². The Kier molecular flexibility index (Phi) is 6.32. The first-order chi connectivity index (χ1) is 16.8. The highest BCUT2D eigenvalue weighted by atomic mass is 16.6. The Morgan fingerprint density at radius 2 is 1.51 bits per heavy atom. The topological polar surface area (TPSA) is 132 Å². The van der Waals surface area contributed by atoms with Gasteiger partial charge < -0.3 is 14.9 Å². The zero-order valence-electron chi connectivity index (χ0n) is 18.5. The maximum atomic E-state index is 13.4. The van der Waals surface area contributed by atoms with Crippen LogP contribution in [-0.2, 0) is 4.74 Å². The van der Waals surface area contributed by atoms with Gasteiger partial charge in [-0.15, -0.1) is 0 Å². The molecule has 4 rings (SSSR count). The second-order valence-electron chi connectivity index (χ2n) is 7.50. The van der Waals surface area contributed by atoms with Gasteiger partial charge in [0.1, 0.15) is 0 Å². The van der Waals surface area contributed by atoms with Gasteiger partial charge in [0.15, 0.2) is 11.5 Å². The lowest BCUT2D eigenvalue weighted by atomic mass is 9.99. The second-order valence-corrected chi connectivity index (χ2v) is 7.50. The van der Waals surface area contributed by atoms with Crippen LogP contribution in [0.5, 0.6) is 11.6 Å². The van der Waals surface area contributed by atoms with Crippen molar-refractivity contribution in [2.75, 3.05) is 6.61 Å². The number of carbonyl (C=O) groups is 2. The molecular formula is C26H20N2O7. The van der Waals surface area contributed by atoms with Crippen LogP contribution in [0.25, 0.3) is 16.9 Å². The molecule has 0 spiro atoms. The number of ketones is 1. The van der Waals surface area contributed by atoms with Crippen molar-refractivity contribution in [3.63, 3.8) is 0 Å². The molecule has 1 heterocycles. The number of aromatic nitrogens is 1. The van der Waals surface area contributed by atoms with E-state index in [0.717, 1.165) is 0 Å². The summed E-state index contributed by atoms with van der Waals surface area (Å²) < 4.78 is 6.30. The first-order valence-corrected chi connectivity index (χ1v) is 10.6. The first kappa shape index (κ1) is 23.2. The van der Waals surface area contributed by atoms with Gasteiger partial charge in [0.2, 0.25) is 5.88 Å². The van der Waals surface area contributed by atoms with Crippen LogP contribution in [0.15, 0.2) is 78.9 Å². The van der Waals surface area contributed by atoms with Gasteiger partial charge in [-0.3, -0.25) is 19.5 Å². The van der Waals surface area contributed by atoms with Gasteiger partial charge >= 0.3 is 5.97 Å². The van der Waals surface area contributed by atoms with Crippen molar-refractivity contribution in [3.8, 4) is 28.6 Å². The van der Waals surface area contributed by atoms with Crippen LogP contribution < -0.4 is 0 Å². The molecule has 0 fully saturated rings. The van der Waals surface area contributed by atoms with Crippen LogP contribution in [0.1, 0.15) is 33.2 Å². The van der Waals surface area contributed by atoms with Gasteiger partial charge in [-0.25, -0.2) is 4.79 Å². The summed E-state index contributed by atoms with van der Waals surface area (Å²) >= 11 is 0. The predicted molar refractivity (Wildman–Crippen MR) is 127 cm³/mol. The van der Waals surface area contributed by atoms with E-state index < -0.39 is 28.3 Å². The van der Waals surface area contributed by atoms with Crippen LogP contribution in [0.2, 0.25) is 0 Å². The number of hydrogen-bond acceptors (Lipinski definition) is 7. The molecule has 0 aliphatic carbocycles. The van der Waals surface area contributed by atoms with Crippen molar-refractivity contribution in [2.24, 2.45) is 0 Å². The van der Waals surface area contributed by atoms with Crippen LogP contribution in [-0.4, -0.2) is 38.1 Å². The molecule has 35 heavy (non-hydrogen) atoms. The zero-order valence-corrected chi connectivity index (χ0v) is 18.5. The first-order valence-electron chi connectivity index (χ1n) is 10.6. The lowest BCUT2D eigenvalue weighted by molar-refractivity contribution is -0.384. The van der Waals surface area contributed by atoms with Crippen LogP contribution in [0.4, 0.5) is 5.69 Å². The van der Waals surface area contributed by atoms with E-state index in [9.17, 15) is 29.9 Å². The van der Waals surface area contributed by atoms with E-state index in [-0.39, 0.29) is 29.1 Å². The molecule has 0 aliphatic rings. The lowest BCUT2D eigenvalue weighted by Gasteiger charge is -2.12. The monoisotopic (exact) mass is 472 g/mol. The van der Waals surface area contributed by atoms with Crippen molar-refractivity contribution in [2.45, 2.75) is 6.92 Å². The van der Waals surface area contributed by atoms with Crippen molar-refractivity contribution in [3.05, 3.63) is 106 Å². The normalized spacial score (nSPS) is 10.7. The third-order valence-corrected chi connectivity index (χ3v) is 5.37. The van der Waals surface area contributed by atoms with E-state index >= 15 is 0 Å². The highest BCUT2D eigenvalue weighted by molar-refractivity contribution is 6.15. The number of rotatable bonds is 7. The highest BCUT2D eigenvalue weighted by Gasteiger charge is 2.30. The molecule has 176 valence electrons. The Morgan fingerprint density at radius 1 is 0.914 bits per heavy atom. The Bertz CT molecular complexity index is 1410. The summed E-state index contributed by atoms with van der Waals surface area (Å²) in [6, 6.07) is 19.8. The molecule has 9 nitrogen and oxygen atoms in total. The molecular weight excluding hydrogens is 452 g/mol. The van der Waals surface area contributed by atoms with Crippen molar-refractivity contribution < 1.29 is 29.5 Å². The molecule has 2 N–H and O–H groups in total. The van der Waals surface area contributed by atoms with Gasteiger partial charge in [0.05, 0.1) is 28.4 Å². The summed E-state index contributed by atoms with van der Waals surface area (Å²) in [7, 11) is 0. The SMILES string of the molecule is CCOC(=O)c1ccc(-n2c(O)c(O)c(C(=O)c3ccc([N+](=O)[O-])cc3)c2-c2ccccc2)cc1. The molecule has 0 saturated heterocycles. The minimum atomic E-state index is -0.637. The zero-order chi connectivity index (χ0) is 25.1. The van der Waals surface area contributed by atoms with Crippen LogP contribution in [0.3, 0.4) is 0 Å². The number of hydrogen-bond donors (Lipinski definition) is 2. The van der Waals surface area contributed by atoms with Gasteiger partial charge in [-0.05, 0) is 48.9 Å². The van der Waals surface area contributed by atoms with E-state index in [1.807, 2.05) is 0 Å². The van der Waals surface area contributed by atoms with E-state index in [0.29, 0.717) is 16.8 Å². The van der Waals surface area contributed by atoms with Gasteiger partial charge in [-0.2, -0.15) is 0 Å². The Hall–Kier alpha value is -4.92. The van der Waals surface area contributed by atoms with E-state index in [1.165, 1.54) is 41.0 Å². The van der Waals surface area contributed by atoms with Gasteiger partial charge in [0, 0.05) is 23.4 Å². The quantitative estimate of drug-likeness (QED) is 0.170. The van der Waals surface area contributed by atoms with Crippen LogP contribution >= 0.6 is 0 Å². The van der Waals surface area contributed by atoms with E-state index in [4.69, 9.17) is 4.74 Å². The Balaban J connectivity index is 1.89. The number of nitro groups is 1. The maximum absolute atomic E-state index is 13.4. The Morgan fingerprint density at radius 3 is 2.09 bits per heavy atom. The second kappa shape index (κ2) is 9.52. The summed E-state index contributed by atoms with van der Waals surface area (Å²) in [6.07, 6.45) is 0. The molecule has 0 unspecified atom stereocenters. The fraction of sp³-hybridized carbons (Fsp3) is 0.0769. The summed E-state index contributed by atoms with van der Waals surface area (Å²) in [5.74, 6) is -2.34. The fourth-order valence-corrected chi connectivity index (χ4v) is 3.72. The average molecular weight is 472 g/mol. The number of aromatic hydroxyl groups is 2. The minimum Gasteiger partial charge on any atom is -0.503 e. The molecule has 0 bridgehead atoms. The molecule has 4 aromatic rings. The number of benzene rings is 3. The molecule has 0 radical (unpaired) electrons. The van der Waals surface area contributed by atoms with Gasteiger partial charge in [-0.1, -0.05) is 30.3 Å². The summed E-state index contributed by atoms with van der Waals surface area (Å²) in [6.45, 7) is 1.92. The fourth-order valence-electron chi connectivity index (χ4n) is 3.72. The van der Waals surface area contributed by atoms with Crippen molar-refractivity contribution >= 4 is 17.4 Å².